The minimum atomic E-state index is -0.890. The lowest BCUT2D eigenvalue weighted by Crippen LogP contribution is -2.61. The third-order valence-corrected chi connectivity index (χ3v) is 7.63. The highest BCUT2D eigenvalue weighted by Crippen LogP contribution is 2.34. The highest BCUT2D eigenvalue weighted by molar-refractivity contribution is 4.95. The molecule has 3 saturated heterocycles. The Hall–Kier alpha value is -0.560. The Balaban J connectivity index is 1.39. The van der Waals surface area contributed by atoms with E-state index < -0.39 is 79.8 Å². The van der Waals surface area contributed by atoms with Gasteiger partial charge in [0.05, 0.1) is 49.3 Å². The molecule has 14 heteroatoms. The van der Waals surface area contributed by atoms with Crippen molar-refractivity contribution in [3.05, 3.63) is 0 Å². The summed E-state index contributed by atoms with van der Waals surface area (Å²) in [6.45, 7) is 0.0365. The van der Waals surface area contributed by atoms with Crippen LogP contribution in [0.2, 0.25) is 0 Å². The second-order valence-corrected chi connectivity index (χ2v) is 10.5. The van der Waals surface area contributed by atoms with E-state index in [4.69, 9.17) is 51.4 Å². The van der Waals surface area contributed by atoms with E-state index in [0.29, 0.717) is 19.3 Å². The van der Waals surface area contributed by atoms with Crippen molar-refractivity contribution < 1.29 is 48.8 Å². The molecular formula is C23H44N4O10. The van der Waals surface area contributed by atoms with Crippen molar-refractivity contribution in [3.63, 3.8) is 0 Å². The van der Waals surface area contributed by atoms with Crippen molar-refractivity contribution in [1.29, 1.82) is 0 Å². The first-order valence-electron chi connectivity index (χ1n) is 13.2. The molecule has 0 aromatic rings. The molecule has 216 valence electrons. The number of nitrogens with two attached hydrogens (primary N) is 4. The van der Waals surface area contributed by atoms with Gasteiger partial charge in [-0.15, -0.1) is 0 Å². The smallest absolute Gasteiger partial charge is 0.173 e. The van der Waals surface area contributed by atoms with Crippen LogP contribution in [-0.2, 0) is 28.4 Å². The fourth-order valence-corrected chi connectivity index (χ4v) is 5.54. The van der Waals surface area contributed by atoms with Gasteiger partial charge in [0.2, 0.25) is 0 Å². The number of hydrogen-bond donors (Lipinski definition) is 8. The minimum Gasteiger partial charge on any atom is -0.394 e. The van der Waals surface area contributed by atoms with Crippen LogP contribution in [0.5, 0.6) is 0 Å². The molecule has 37 heavy (non-hydrogen) atoms. The van der Waals surface area contributed by atoms with Crippen molar-refractivity contribution in [2.75, 3.05) is 19.7 Å². The summed E-state index contributed by atoms with van der Waals surface area (Å²) < 4.78 is 35.8. The maximum Gasteiger partial charge on any atom is 0.173 e. The molecule has 4 aliphatic rings. The van der Waals surface area contributed by atoms with E-state index in [1.165, 1.54) is 0 Å². The summed E-state index contributed by atoms with van der Waals surface area (Å²) in [5, 5.41) is 40.9. The van der Waals surface area contributed by atoms with Crippen molar-refractivity contribution >= 4 is 0 Å². The summed E-state index contributed by atoms with van der Waals surface area (Å²) in [6.07, 6.45) is -6.43. The minimum absolute atomic E-state index is 0.0979. The lowest BCUT2D eigenvalue weighted by Gasteiger charge is -2.44. The molecule has 4 fully saturated rings. The van der Waals surface area contributed by atoms with Gasteiger partial charge in [-0.3, -0.25) is 0 Å². The maximum absolute atomic E-state index is 10.8. The Morgan fingerprint density at radius 3 is 2.16 bits per heavy atom. The Morgan fingerprint density at radius 2 is 1.46 bits per heavy atom. The second-order valence-electron chi connectivity index (χ2n) is 10.5. The molecule has 0 aromatic carbocycles. The molecule has 3 unspecified atom stereocenters. The van der Waals surface area contributed by atoms with Crippen LogP contribution in [-0.4, -0.2) is 126 Å². The molecule has 12 N–H and O–H groups in total. The summed E-state index contributed by atoms with van der Waals surface area (Å²) in [7, 11) is 0. The standard InChI is InChI=1S/C23H44N4O10/c24-7-11-3-10(29)4-19(32-11)33-16-6-20(34-18(16)9-28)36-22-14(30)2-1-12(26)21(22)37-23-13(27)5-15(31)17(8-25)35-23/h10-23,28-31H,1-9,24-27H2/t10-,11+,12-,13+,14-,15-,16-,17+,18+,19+,20?,21?,22+,23?/m0/s1. The van der Waals surface area contributed by atoms with Crippen molar-refractivity contribution in [3.8, 4) is 0 Å². The normalized spacial score (nSPS) is 49.3. The average molecular weight is 537 g/mol. The predicted octanol–water partition coefficient (Wildman–Crippen LogP) is -3.68. The zero-order chi connectivity index (χ0) is 26.7. The first kappa shape index (κ1) is 29.4. The zero-order valence-electron chi connectivity index (χ0n) is 21.0. The quantitative estimate of drug-likeness (QED) is 0.142. The molecule has 4 rings (SSSR count). The van der Waals surface area contributed by atoms with Gasteiger partial charge in [-0.05, 0) is 19.3 Å². The summed E-state index contributed by atoms with van der Waals surface area (Å²) in [6, 6.07) is -1.09. The van der Waals surface area contributed by atoms with Crippen molar-refractivity contribution in [2.24, 2.45) is 22.9 Å². The van der Waals surface area contributed by atoms with Gasteiger partial charge >= 0.3 is 0 Å². The number of aliphatic hydroxyl groups is 4. The number of aliphatic hydroxyl groups excluding tert-OH is 4. The van der Waals surface area contributed by atoms with Crippen molar-refractivity contribution in [1.82, 2.24) is 0 Å². The van der Waals surface area contributed by atoms with Crippen molar-refractivity contribution in [2.45, 2.75) is 124 Å². The highest BCUT2D eigenvalue weighted by Gasteiger charge is 2.47. The molecule has 14 nitrogen and oxygen atoms in total. The van der Waals surface area contributed by atoms with E-state index in [9.17, 15) is 20.4 Å². The van der Waals surface area contributed by atoms with Crippen LogP contribution in [0.1, 0.15) is 38.5 Å². The van der Waals surface area contributed by atoms with Crippen LogP contribution in [0.4, 0.5) is 0 Å². The summed E-state index contributed by atoms with van der Waals surface area (Å²) in [5.74, 6) is 0. The fourth-order valence-electron chi connectivity index (χ4n) is 5.54. The predicted molar refractivity (Wildman–Crippen MR) is 127 cm³/mol. The molecule has 0 aromatic heterocycles. The van der Waals surface area contributed by atoms with Crippen LogP contribution in [0.3, 0.4) is 0 Å². The van der Waals surface area contributed by atoms with Gasteiger partial charge in [-0.25, -0.2) is 0 Å². The first-order chi connectivity index (χ1) is 17.7. The molecule has 3 aliphatic heterocycles. The Morgan fingerprint density at radius 1 is 0.703 bits per heavy atom. The Bertz CT molecular complexity index is 712. The van der Waals surface area contributed by atoms with Crippen LogP contribution < -0.4 is 22.9 Å². The van der Waals surface area contributed by atoms with E-state index >= 15 is 0 Å². The van der Waals surface area contributed by atoms with Crippen LogP contribution in [0.25, 0.3) is 0 Å². The van der Waals surface area contributed by atoms with Gasteiger partial charge < -0.3 is 71.8 Å². The average Bonchev–Trinajstić information content (AvgIpc) is 3.25. The molecular weight excluding hydrogens is 492 g/mol. The van der Waals surface area contributed by atoms with E-state index in [-0.39, 0.29) is 45.1 Å². The molecule has 1 saturated carbocycles. The highest BCUT2D eigenvalue weighted by atomic mass is 16.7. The van der Waals surface area contributed by atoms with Crippen LogP contribution in [0, 0.1) is 0 Å². The Labute approximate surface area is 216 Å². The monoisotopic (exact) mass is 536 g/mol. The van der Waals surface area contributed by atoms with Gasteiger partial charge in [0.25, 0.3) is 0 Å². The van der Waals surface area contributed by atoms with Gasteiger partial charge in [-0.2, -0.15) is 0 Å². The fraction of sp³-hybridized carbons (Fsp3) is 1.00. The number of ether oxygens (including phenoxy) is 6. The van der Waals surface area contributed by atoms with E-state index in [1.807, 2.05) is 0 Å². The van der Waals surface area contributed by atoms with Gasteiger partial charge in [-0.1, -0.05) is 0 Å². The number of rotatable bonds is 9. The SMILES string of the molecule is NC[C@H]1C[C@H](O)C[C@@H](O[C@H]2CC(O[C@H]3C(OC4O[C@H](CN)[C@@H](O)C[C@H]4N)[C@@H](N)CC[C@@H]3O)O[C@@H]2CO)O1. The topological polar surface area (TPSA) is 240 Å². The second kappa shape index (κ2) is 13.2. The van der Waals surface area contributed by atoms with Gasteiger partial charge in [0.15, 0.2) is 18.9 Å². The molecule has 0 amide bonds. The summed E-state index contributed by atoms with van der Waals surface area (Å²) in [4.78, 5) is 0. The van der Waals surface area contributed by atoms with Gasteiger partial charge in [0, 0.05) is 38.4 Å². The summed E-state index contributed by atoms with van der Waals surface area (Å²) >= 11 is 0. The maximum atomic E-state index is 10.8. The molecule has 14 atom stereocenters. The molecule has 0 spiro atoms. The van der Waals surface area contributed by atoms with E-state index in [2.05, 4.69) is 0 Å². The van der Waals surface area contributed by atoms with E-state index in [0.717, 1.165) is 0 Å². The van der Waals surface area contributed by atoms with E-state index in [1.54, 1.807) is 0 Å². The molecule has 1 aliphatic carbocycles. The lowest BCUT2D eigenvalue weighted by atomic mass is 9.87. The van der Waals surface area contributed by atoms with Crippen LogP contribution in [0.15, 0.2) is 0 Å². The third-order valence-electron chi connectivity index (χ3n) is 7.63. The third kappa shape index (κ3) is 7.15. The molecule has 3 heterocycles. The van der Waals surface area contributed by atoms with Crippen LogP contribution >= 0.6 is 0 Å². The number of hydrogen-bond acceptors (Lipinski definition) is 14. The Kier molecular flexibility index (Phi) is 10.5. The first-order valence-corrected chi connectivity index (χ1v) is 13.2. The molecule has 0 bridgehead atoms. The largest absolute Gasteiger partial charge is 0.394 e. The zero-order valence-corrected chi connectivity index (χ0v) is 21.0. The molecule has 0 radical (unpaired) electrons. The summed E-state index contributed by atoms with van der Waals surface area (Å²) in [5.41, 5.74) is 23.9. The van der Waals surface area contributed by atoms with Gasteiger partial charge in [0.1, 0.15) is 18.3 Å². The lowest BCUT2D eigenvalue weighted by molar-refractivity contribution is -0.288.